The van der Waals surface area contributed by atoms with Crippen molar-refractivity contribution < 1.29 is 14.6 Å². The highest BCUT2D eigenvalue weighted by molar-refractivity contribution is 5.87. The van der Waals surface area contributed by atoms with Crippen LogP contribution in [0.25, 0.3) is 11.3 Å². The van der Waals surface area contributed by atoms with Gasteiger partial charge >= 0.3 is 5.97 Å². The van der Waals surface area contributed by atoms with E-state index >= 15 is 0 Å². The molecule has 1 heterocycles. The SMILES string of the molecule is CCn1nc(-c2ccc(OC)c(N)c2)cc1C(=O)O. The number of methoxy groups -OCH3 is 1. The molecule has 1 aromatic carbocycles. The van der Waals surface area contributed by atoms with Gasteiger partial charge in [-0.3, -0.25) is 4.68 Å². The smallest absolute Gasteiger partial charge is 0.354 e. The van der Waals surface area contributed by atoms with E-state index in [4.69, 9.17) is 15.6 Å². The van der Waals surface area contributed by atoms with Crippen molar-refractivity contribution in [1.82, 2.24) is 9.78 Å². The average Bonchev–Trinajstić information content (AvgIpc) is 2.83. The second-order valence-electron chi connectivity index (χ2n) is 3.99. The van der Waals surface area contributed by atoms with Crippen molar-refractivity contribution in [2.24, 2.45) is 0 Å². The Bertz CT molecular complexity index is 620. The first kappa shape index (κ1) is 12.9. The van der Waals surface area contributed by atoms with E-state index in [1.54, 1.807) is 25.3 Å². The van der Waals surface area contributed by atoms with E-state index in [1.807, 2.05) is 6.92 Å². The Morgan fingerprint density at radius 2 is 2.21 bits per heavy atom. The largest absolute Gasteiger partial charge is 0.495 e. The Balaban J connectivity index is 2.47. The van der Waals surface area contributed by atoms with E-state index in [0.29, 0.717) is 23.7 Å². The van der Waals surface area contributed by atoms with Crippen LogP contribution in [0.5, 0.6) is 5.75 Å². The van der Waals surface area contributed by atoms with Crippen molar-refractivity contribution in [2.45, 2.75) is 13.5 Å². The molecule has 0 atom stereocenters. The lowest BCUT2D eigenvalue weighted by atomic mass is 10.1. The van der Waals surface area contributed by atoms with Crippen LogP contribution in [-0.4, -0.2) is 28.0 Å². The summed E-state index contributed by atoms with van der Waals surface area (Å²) in [4.78, 5) is 11.1. The quantitative estimate of drug-likeness (QED) is 0.820. The van der Waals surface area contributed by atoms with Crippen LogP contribution in [0.4, 0.5) is 5.69 Å². The monoisotopic (exact) mass is 261 g/mol. The molecule has 3 N–H and O–H groups in total. The van der Waals surface area contributed by atoms with Crippen LogP contribution in [0.3, 0.4) is 0 Å². The summed E-state index contributed by atoms with van der Waals surface area (Å²) < 4.78 is 6.52. The Kier molecular flexibility index (Phi) is 3.41. The number of nitrogens with zero attached hydrogens (tertiary/aromatic N) is 2. The fraction of sp³-hybridized carbons (Fsp3) is 0.231. The van der Waals surface area contributed by atoms with Crippen molar-refractivity contribution in [3.8, 4) is 17.0 Å². The lowest BCUT2D eigenvalue weighted by molar-refractivity contribution is 0.0683. The van der Waals surface area contributed by atoms with Gasteiger partial charge in [0.25, 0.3) is 0 Å². The maximum Gasteiger partial charge on any atom is 0.354 e. The van der Waals surface area contributed by atoms with Gasteiger partial charge in [-0.05, 0) is 31.2 Å². The van der Waals surface area contributed by atoms with E-state index < -0.39 is 5.97 Å². The summed E-state index contributed by atoms with van der Waals surface area (Å²) in [5.74, 6) is -0.417. The molecular weight excluding hydrogens is 246 g/mol. The van der Waals surface area contributed by atoms with Gasteiger partial charge in [-0.15, -0.1) is 0 Å². The molecule has 6 heteroatoms. The highest BCUT2D eigenvalue weighted by atomic mass is 16.5. The minimum absolute atomic E-state index is 0.159. The number of carboxylic acid groups (broad SMARTS) is 1. The molecule has 1 aromatic heterocycles. The van der Waals surface area contributed by atoms with Crippen molar-refractivity contribution in [3.05, 3.63) is 30.0 Å². The molecule has 19 heavy (non-hydrogen) atoms. The average molecular weight is 261 g/mol. The Labute approximate surface area is 110 Å². The van der Waals surface area contributed by atoms with Crippen molar-refractivity contribution >= 4 is 11.7 Å². The lowest BCUT2D eigenvalue weighted by Crippen LogP contribution is -2.08. The van der Waals surface area contributed by atoms with Crippen LogP contribution in [0, 0.1) is 0 Å². The first-order valence-corrected chi connectivity index (χ1v) is 5.81. The number of nitrogens with two attached hydrogens (primary N) is 1. The zero-order valence-corrected chi connectivity index (χ0v) is 10.8. The van der Waals surface area contributed by atoms with Gasteiger partial charge in [0.2, 0.25) is 0 Å². The van der Waals surface area contributed by atoms with Crippen LogP contribution >= 0.6 is 0 Å². The topological polar surface area (TPSA) is 90.4 Å². The normalized spacial score (nSPS) is 10.4. The zero-order chi connectivity index (χ0) is 14.0. The van der Waals surface area contributed by atoms with E-state index in [0.717, 1.165) is 5.56 Å². The molecule has 0 spiro atoms. The van der Waals surface area contributed by atoms with Gasteiger partial charge in [0.1, 0.15) is 11.4 Å². The predicted molar refractivity (Wildman–Crippen MR) is 71.3 cm³/mol. The molecule has 2 rings (SSSR count). The molecule has 6 nitrogen and oxygen atoms in total. The third-order valence-electron chi connectivity index (χ3n) is 2.82. The van der Waals surface area contributed by atoms with Gasteiger partial charge in [0.15, 0.2) is 0 Å². The number of carboxylic acids is 1. The summed E-state index contributed by atoms with van der Waals surface area (Å²) >= 11 is 0. The van der Waals surface area contributed by atoms with Gasteiger partial charge in [0, 0.05) is 12.1 Å². The Morgan fingerprint density at radius 1 is 1.47 bits per heavy atom. The first-order chi connectivity index (χ1) is 9.06. The van der Waals surface area contributed by atoms with Gasteiger partial charge in [-0.25, -0.2) is 4.79 Å². The number of aromatic nitrogens is 2. The number of carbonyl (C=O) groups is 1. The molecular formula is C13H15N3O3. The molecule has 0 saturated heterocycles. The van der Waals surface area contributed by atoms with Crippen molar-refractivity contribution in [2.75, 3.05) is 12.8 Å². The fourth-order valence-electron chi connectivity index (χ4n) is 1.86. The highest BCUT2D eigenvalue weighted by Gasteiger charge is 2.14. The first-order valence-electron chi connectivity index (χ1n) is 5.81. The van der Waals surface area contributed by atoms with Gasteiger partial charge < -0.3 is 15.6 Å². The third-order valence-corrected chi connectivity index (χ3v) is 2.82. The summed E-state index contributed by atoms with van der Waals surface area (Å²) in [6.07, 6.45) is 0. The van der Waals surface area contributed by atoms with E-state index in [-0.39, 0.29) is 5.69 Å². The predicted octanol–water partition coefficient (Wildman–Crippen LogP) is 1.86. The fourth-order valence-corrected chi connectivity index (χ4v) is 1.86. The number of aromatic carboxylic acids is 1. The number of hydrogen-bond acceptors (Lipinski definition) is 4. The molecule has 0 saturated carbocycles. The minimum atomic E-state index is -0.998. The minimum Gasteiger partial charge on any atom is -0.495 e. The highest BCUT2D eigenvalue weighted by Crippen LogP contribution is 2.28. The van der Waals surface area contributed by atoms with E-state index in [1.165, 1.54) is 10.7 Å². The van der Waals surface area contributed by atoms with Crippen LogP contribution in [0.2, 0.25) is 0 Å². The summed E-state index contributed by atoms with van der Waals surface area (Å²) in [5.41, 5.74) is 7.81. The third kappa shape index (κ3) is 2.37. The van der Waals surface area contributed by atoms with Crippen LogP contribution in [0.15, 0.2) is 24.3 Å². The maximum absolute atomic E-state index is 11.1. The number of anilines is 1. The molecule has 100 valence electrons. The number of ether oxygens (including phenoxy) is 1. The van der Waals surface area contributed by atoms with Gasteiger partial charge in [0.05, 0.1) is 18.5 Å². The second-order valence-corrected chi connectivity index (χ2v) is 3.99. The molecule has 0 aliphatic carbocycles. The molecule has 0 unspecified atom stereocenters. The summed E-state index contributed by atoms with van der Waals surface area (Å²) in [6, 6.07) is 6.78. The van der Waals surface area contributed by atoms with Crippen molar-refractivity contribution in [3.63, 3.8) is 0 Å². The van der Waals surface area contributed by atoms with Crippen LogP contribution < -0.4 is 10.5 Å². The van der Waals surface area contributed by atoms with Crippen LogP contribution in [-0.2, 0) is 6.54 Å². The van der Waals surface area contributed by atoms with E-state index in [9.17, 15) is 4.79 Å². The van der Waals surface area contributed by atoms with Gasteiger partial charge in [-0.1, -0.05) is 0 Å². The number of benzene rings is 1. The Morgan fingerprint density at radius 3 is 2.68 bits per heavy atom. The van der Waals surface area contributed by atoms with Crippen molar-refractivity contribution in [1.29, 1.82) is 0 Å². The molecule has 2 aromatic rings. The molecule has 0 bridgehead atoms. The molecule has 0 aliphatic heterocycles. The zero-order valence-electron chi connectivity index (χ0n) is 10.8. The second kappa shape index (κ2) is 5.01. The maximum atomic E-state index is 11.1. The molecule has 0 amide bonds. The number of hydrogen-bond donors (Lipinski definition) is 2. The van der Waals surface area contributed by atoms with Gasteiger partial charge in [-0.2, -0.15) is 5.10 Å². The molecule has 0 fully saturated rings. The lowest BCUT2D eigenvalue weighted by Gasteiger charge is -2.05. The van der Waals surface area contributed by atoms with E-state index in [2.05, 4.69) is 5.10 Å². The Hall–Kier alpha value is -2.50. The standard InChI is InChI=1S/C13H15N3O3/c1-3-16-11(13(17)18)7-10(15-16)8-4-5-12(19-2)9(14)6-8/h4-7H,3,14H2,1-2H3,(H,17,18). The van der Waals surface area contributed by atoms with Crippen LogP contribution in [0.1, 0.15) is 17.4 Å². The number of rotatable bonds is 4. The molecule has 0 aliphatic rings. The number of nitrogen functional groups attached to an aromatic ring is 1. The number of aryl methyl sites for hydroxylation is 1. The summed E-state index contributed by atoms with van der Waals surface area (Å²) in [7, 11) is 1.54. The summed E-state index contributed by atoms with van der Waals surface area (Å²) in [5, 5.41) is 13.3. The molecule has 0 radical (unpaired) electrons. The summed E-state index contributed by atoms with van der Waals surface area (Å²) in [6.45, 7) is 2.33.